The van der Waals surface area contributed by atoms with Gasteiger partial charge in [0.05, 0.1) is 0 Å². The Kier molecular flexibility index (Phi) is 5.61. The van der Waals surface area contributed by atoms with E-state index in [1.807, 2.05) is 38.1 Å². The first-order valence-electron chi connectivity index (χ1n) is 9.83. The fourth-order valence-corrected chi connectivity index (χ4v) is 3.11. The minimum Gasteiger partial charge on any atom is -0.422 e. The summed E-state index contributed by atoms with van der Waals surface area (Å²) in [7, 11) is 0. The third-order valence-corrected chi connectivity index (χ3v) is 4.50. The molecule has 2 aromatic carbocycles. The molecule has 4 aromatic rings. The Morgan fingerprint density at radius 1 is 0.968 bits per heavy atom. The van der Waals surface area contributed by atoms with Crippen molar-refractivity contribution >= 4 is 39.9 Å². The number of anilines is 4. The number of rotatable bonds is 6. The van der Waals surface area contributed by atoms with E-state index in [-0.39, 0.29) is 5.56 Å². The molecule has 0 unspecified atom stereocenters. The summed E-state index contributed by atoms with van der Waals surface area (Å²) in [6.07, 6.45) is 0. The number of nitrogens with one attached hydrogen (secondary N) is 3. The molecular formula is C23H21N5O3. The van der Waals surface area contributed by atoms with Gasteiger partial charge in [0.2, 0.25) is 0 Å². The third-order valence-electron chi connectivity index (χ3n) is 4.50. The molecule has 0 spiro atoms. The highest BCUT2D eigenvalue weighted by atomic mass is 16.4. The molecule has 0 aliphatic rings. The van der Waals surface area contributed by atoms with E-state index in [9.17, 15) is 9.59 Å². The number of aryl methyl sites for hydroxylation is 1. The van der Waals surface area contributed by atoms with Gasteiger partial charge in [-0.2, -0.15) is 0 Å². The number of nitrogens with zero attached hydrogens (tertiary/aromatic N) is 2. The molecule has 31 heavy (non-hydrogen) atoms. The van der Waals surface area contributed by atoms with Crippen LogP contribution in [0.2, 0.25) is 0 Å². The zero-order chi connectivity index (χ0) is 21.8. The Balaban J connectivity index is 1.48. The van der Waals surface area contributed by atoms with E-state index >= 15 is 0 Å². The van der Waals surface area contributed by atoms with E-state index in [2.05, 4.69) is 25.9 Å². The van der Waals surface area contributed by atoms with E-state index in [1.54, 1.807) is 30.3 Å². The maximum absolute atomic E-state index is 12.6. The van der Waals surface area contributed by atoms with Crippen molar-refractivity contribution in [2.45, 2.75) is 13.8 Å². The molecule has 3 N–H and O–H groups in total. The first-order chi connectivity index (χ1) is 15.0. The second kappa shape index (κ2) is 8.66. The van der Waals surface area contributed by atoms with Crippen LogP contribution in [-0.4, -0.2) is 22.4 Å². The highest BCUT2D eigenvalue weighted by Crippen LogP contribution is 2.20. The van der Waals surface area contributed by atoms with Gasteiger partial charge in [0.15, 0.2) is 0 Å². The van der Waals surface area contributed by atoms with Gasteiger partial charge in [-0.3, -0.25) is 4.79 Å². The Hall–Kier alpha value is -4.20. The zero-order valence-corrected chi connectivity index (χ0v) is 17.1. The van der Waals surface area contributed by atoms with Crippen LogP contribution >= 0.6 is 0 Å². The topological polar surface area (TPSA) is 109 Å². The van der Waals surface area contributed by atoms with Gasteiger partial charge in [-0.1, -0.05) is 18.2 Å². The van der Waals surface area contributed by atoms with E-state index in [0.29, 0.717) is 28.3 Å². The summed E-state index contributed by atoms with van der Waals surface area (Å²) in [5, 5.41) is 9.79. The molecule has 0 saturated heterocycles. The summed E-state index contributed by atoms with van der Waals surface area (Å²) in [5.41, 5.74) is 1.06. The van der Waals surface area contributed by atoms with Gasteiger partial charge in [-0.05, 0) is 50.2 Å². The van der Waals surface area contributed by atoms with Gasteiger partial charge < -0.3 is 20.4 Å². The normalized spacial score (nSPS) is 10.6. The molecule has 8 nitrogen and oxygen atoms in total. The average Bonchev–Trinajstić information content (AvgIpc) is 2.74. The summed E-state index contributed by atoms with van der Waals surface area (Å²) >= 11 is 0. The molecule has 0 atom stereocenters. The van der Waals surface area contributed by atoms with Crippen molar-refractivity contribution < 1.29 is 9.21 Å². The van der Waals surface area contributed by atoms with Crippen molar-refractivity contribution in [2.75, 3.05) is 22.5 Å². The number of hydrogen-bond donors (Lipinski definition) is 3. The van der Waals surface area contributed by atoms with Crippen molar-refractivity contribution in [1.82, 2.24) is 9.97 Å². The zero-order valence-electron chi connectivity index (χ0n) is 17.1. The van der Waals surface area contributed by atoms with Crippen LogP contribution in [-0.2, 0) is 0 Å². The molecule has 4 rings (SSSR count). The Bertz CT molecular complexity index is 1300. The maximum Gasteiger partial charge on any atom is 0.349 e. The summed E-state index contributed by atoms with van der Waals surface area (Å²) in [6.45, 7) is 4.59. The first-order valence-corrected chi connectivity index (χ1v) is 9.83. The van der Waals surface area contributed by atoms with Crippen molar-refractivity contribution in [3.8, 4) is 0 Å². The minimum atomic E-state index is -0.676. The molecule has 0 saturated carbocycles. The van der Waals surface area contributed by atoms with Crippen LogP contribution in [0.5, 0.6) is 0 Å². The van der Waals surface area contributed by atoms with E-state index < -0.39 is 11.5 Å². The van der Waals surface area contributed by atoms with Crippen molar-refractivity contribution in [3.05, 3.63) is 82.5 Å². The van der Waals surface area contributed by atoms with E-state index in [0.717, 1.165) is 18.1 Å². The number of aromatic nitrogens is 2. The van der Waals surface area contributed by atoms with Crippen molar-refractivity contribution in [1.29, 1.82) is 0 Å². The second-order valence-electron chi connectivity index (χ2n) is 6.86. The van der Waals surface area contributed by atoms with Gasteiger partial charge in [-0.25, -0.2) is 14.8 Å². The number of fused-ring (bicyclic) bond motifs is 1. The lowest BCUT2D eigenvalue weighted by molar-refractivity contribution is 0.102. The van der Waals surface area contributed by atoms with Gasteiger partial charge in [-0.15, -0.1) is 0 Å². The summed E-state index contributed by atoms with van der Waals surface area (Å²) in [6, 6.07) is 17.5. The second-order valence-corrected chi connectivity index (χ2v) is 6.86. The predicted octanol–water partition coefficient (Wildman–Crippen LogP) is 4.32. The molecule has 1 amide bonds. The Labute approximate surface area is 178 Å². The standard InChI is InChI=1S/C23H21N5O3/c1-3-24-20-13-21(26-14(2)25-20)27-16-8-10-17(11-9-16)28-22(29)18-12-15-6-4-5-7-19(15)31-23(18)30/h4-13H,3H2,1-2H3,(H,28,29)(H2,24,25,26,27). The predicted molar refractivity (Wildman–Crippen MR) is 121 cm³/mol. The summed E-state index contributed by atoms with van der Waals surface area (Å²) < 4.78 is 5.23. The van der Waals surface area contributed by atoms with Crippen LogP contribution in [0, 0.1) is 6.92 Å². The monoisotopic (exact) mass is 415 g/mol. The molecule has 2 heterocycles. The third kappa shape index (κ3) is 4.69. The van der Waals surface area contributed by atoms with E-state index in [1.165, 1.54) is 6.07 Å². The molecule has 156 valence electrons. The quantitative estimate of drug-likeness (QED) is 0.402. The Morgan fingerprint density at radius 3 is 2.45 bits per heavy atom. The highest BCUT2D eigenvalue weighted by molar-refractivity contribution is 6.05. The smallest absolute Gasteiger partial charge is 0.349 e. The lowest BCUT2D eigenvalue weighted by Crippen LogP contribution is -2.20. The SMILES string of the molecule is CCNc1cc(Nc2ccc(NC(=O)c3cc4ccccc4oc3=O)cc2)nc(C)n1. The van der Waals surface area contributed by atoms with Gasteiger partial charge in [0.25, 0.3) is 5.91 Å². The number of hydrogen-bond acceptors (Lipinski definition) is 7. The van der Waals surface area contributed by atoms with Gasteiger partial charge in [0.1, 0.15) is 28.6 Å². The maximum atomic E-state index is 12.6. The van der Waals surface area contributed by atoms with Crippen LogP contribution in [0.4, 0.5) is 23.0 Å². The fourth-order valence-electron chi connectivity index (χ4n) is 3.11. The molecule has 0 fully saturated rings. The number of amides is 1. The van der Waals surface area contributed by atoms with Crippen LogP contribution in [0.25, 0.3) is 11.0 Å². The first kappa shape index (κ1) is 20.1. The van der Waals surface area contributed by atoms with Crippen LogP contribution in [0.1, 0.15) is 23.1 Å². The van der Waals surface area contributed by atoms with E-state index in [4.69, 9.17) is 4.42 Å². The van der Waals surface area contributed by atoms with Gasteiger partial charge in [0, 0.05) is 29.4 Å². The molecule has 0 aliphatic carbocycles. The van der Waals surface area contributed by atoms with Crippen LogP contribution < -0.4 is 21.6 Å². The van der Waals surface area contributed by atoms with Crippen LogP contribution in [0.15, 0.2) is 69.9 Å². The molecule has 0 radical (unpaired) electrons. The fraction of sp³-hybridized carbons (Fsp3) is 0.130. The molecule has 2 aromatic heterocycles. The lowest BCUT2D eigenvalue weighted by atomic mass is 10.1. The van der Waals surface area contributed by atoms with Crippen LogP contribution in [0.3, 0.4) is 0 Å². The lowest BCUT2D eigenvalue weighted by Gasteiger charge is -2.10. The van der Waals surface area contributed by atoms with Crippen molar-refractivity contribution in [3.63, 3.8) is 0 Å². The molecule has 0 bridgehead atoms. The molecular weight excluding hydrogens is 394 g/mol. The van der Waals surface area contributed by atoms with Gasteiger partial charge >= 0.3 is 5.63 Å². The van der Waals surface area contributed by atoms with Crippen molar-refractivity contribution in [2.24, 2.45) is 0 Å². The molecule has 0 aliphatic heterocycles. The Morgan fingerprint density at radius 2 is 1.68 bits per heavy atom. The number of carbonyl (C=O) groups is 1. The highest BCUT2D eigenvalue weighted by Gasteiger charge is 2.14. The summed E-state index contributed by atoms with van der Waals surface area (Å²) in [4.78, 5) is 33.5. The number of benzene rings is 2. The number of carbonyl (C=O) groups excluding carboxylic acids is 1. The largest absolute Gasteiger partial charge is 0.422 e. The number of para-hydroxylation sites is 1. The minimum absolute atomic E-state index is 0.0479. The molecule has 8 heteroatoms. The summed E-state index contributed by atoms with van der Waals surface area (Å²) in [5.74, 6) is 1.53. The average molecular weight is 415 g/mol.